The highest BCUT2D eigenvalue weighted by atomic mass is 79.9. The van der Waals surface area contributed by atoms with Gasteiger partial charge in [-0.1, -0.05) is 34.1 Å². The number of benzene rings is 2. The Morgan fingerprint density at radius 2 is 1.79 bits per heavy atom. The minimum atomic E-state index is -0.237. The molecule has 2 amide bonds. The van der Waals surface area contributed by atoms with E-state index in [2.05, 4.69) is 21.2 Å². The first-order chi connectivity index (χ1) is 11.5. The highest BCUT2D eigenvalue weighted by Crippen LogP contribution is 2.19. The van der Waals surface area contributed by atoms with E-state index >= 15 is 0 Å². The first-order valence-electron chi connectivity index (χ1n) is 7.43. The van der Waals surface area contributed by atoms with Crippen molar-refractivity contribution in [1.29, 1.82) is 0 Å². The molecule has 0 bridgehead atoms. The molecule has 5 nitrogen and oxygen atoms in total. The zero-order valence-corrected chi connectivity index (χ0v) is 15.2. The predicted molar refractivity (Wildman–Crippen MR) is 97.0 cm³/mol. The van der Waals surface area contributed by atoms with Crippen molar-refractivity contribution in [3.63, 3.8) is 0 Å². The highest BCUT2D eigenvalue weighted by molar-refractivity contribution is 9.10. The molecule has 0 aromatic heterocycles. The van der Waals surface area contributed by atoms with Gasteiger partial charge in [0.15, 0.2) is 0 Å². The number of rotatable bonds is 6. The van der Waals surface area contributed by atoms with E-state index in [-0.39, 0.29) is 18.4 Å². The Morgan fingerprint density at radius 1 is 1.12 bits per heavy atom. The molecule has 6 heteroatoms. The summed E-state index contributed by atoms with van der Waals surface area (Å²) in [6.07, 6.45) is 0. The summed E-state index contributed by atoms with van der Waals surface area (Å²) in [6, 6.07) is 14.7. The molecule has 0 aliphatic rings. The molecule has 126 valence electrons. The number of carbonyl (C=O) groups excluding carboxylic acids is 2. The SMILES string of the molecule is COc1ccccc1CNC(=O)CN(C(C)=O)c1ccc(Br)cc1. The monoisotopic (exact) mass is 390 g/mol. The van der Waals surface area contributed by atoms with E-state index in [9.17, 15) is 9.59 Å². The summed E-state index contributed by atoms with van der Waals surface area (Å²) >= 11 is 3.35. The van der Waals surface area contributed by atoms with Crippen molar-refractivity contribution in [2.75, 3.05) is 18.6 Å². The van der Waals surface area contributed by atoms with E-state index in [0.29, 0.717) is 18.0 Å². The van der Waals surface area contributed by atoms with Crippen LogP contribution in [0.2, 0.25) is 0 Å². The van der Waals surface area contributed by atoms with Gasteiger partial charge >= 0.3 is 0 Å². The Kier molecular flexibility index (Phi) is 6.37. The van der Waals surface area contributed by atoms with Crippen LogP contribution in [0.5, 0.6) is 5.75 Å². The molecule has 24 heavy (non-hydrogen) atoms. The van der Waals surface area contributed by atoms with Gasteiger partial charge in [0.05, 0.1) is 7.11 Å². The Balaban J connectivity index is 2.01. The lowest BCUT2D eigenvalue weighted by Crippen LogP contribution is -2.39. The molecule has 1 N–H and O–H groups in total. The van der Waals surface area contributed by atoms with Crippen LogP contribution < -0.4 is 15.0 Å². The Morgan fingerprint density at radius 3 is 2.42 bits per heavy atom. The van der Waals surface area contributed by atoms with Crippen LogP contribution in [0, 0.1) is 0 Å². The van der Waals surface area contributed by atoms with Crippen LogP contribution in [0.4, 0.5) is 5.69 Å². The van der Waals surface area contributed by atoms with Gasteiger partial charge in [-0.05, 0) is 30.3 Å². The van der Waals surface area contributed by atoms with Crippen LogP contribution in [-0.4, -0.2) is 25.5 Å². The van der Waals surface area contributed by atoms with Crippen molar-refractivity contribution in [2.45, 2.75) is 13.5 Å². The average Bonchev–Trinajstić information content (AvgIpc) is 2.58. The van der Waals surface area contributed by atoms with Crippen molar-refractivity contribution in [1.82, 2.24) is 5.32 Å². The number of nitrogens with one attached hydrogen (secondary N) is 1. The third kappa shape index (κ3) is 4.83. The molecule has 0 unspecified atom stereocenters. The molecule has 0 radical (unpaired) electrons. The summed E-state index contributed by atoms with van der Waals surface area (Å²) in [6.45, 7) is 1.75. The summed E-state index contributed by atoms with van der Waals surface area (Å²) in [4.78, 5) is 25.5. The topological polar surface area (TPSA) is 58.6 Å². The molecule has 0 fully saturated rings. The fourth-order valence-corrected chi connectivity index (χ4v) is 2.51. The molecule has 0 aliphatic heterocycles. The van der Waals surface area contributed by atoms with Crippen molar-refractivity contribution in [3.05, 3.63) is 58.6 Å². The number of anilines is 1. The zero-order valence-electron chi connectivity index (χ0n) is 13.6. The van der Waals surface area contributed by atoms with Crippen LogP contribution in [0.1, 0.15) is 12.5 Å². The molecular weight excluding hydrogens is 372 g/mol. The van der Waals surface area contributed by atoms with Crippen molar-refractivity contribution >= 4 is 33.4 Å². The second-order valence-electron chi connectivity index (χ2n) is 5.17. The number of para-hydroxylation sites is 1. The second kappa shape index (κ2) is 8.49. The van der Waals surface area contributed by atoms with E-state index in [1.54, 1.807) is 19.2 Å². The molecule has 0 atom stereocenters. The second-order valence-corrected chi connectivity index (χ2v) is 6.09. The van der Waals surface area contributed by atoms with Gasteiger partial charge in [0.25, 0.3) is 0 Å². The molecule has 2 aromatic carbocycles. The minimum Gasteiger partial charge on any atom is -0.496 e. The van der Waals surface area contributed by atoms with Crippen LogP contribution in [0.25, 0.3) is 0 Å². The number of halogens is 1. The summed E-state index contributed by atoms with van der Waals surface area (Å²) in [5.41, 5.74) is 1.56. The summed E-state index contributed by atoms with van der Waals surface area (Å²) in [7, 11) is 1.59. The molecule has 2 rings (SSSR count). The molecular formula is C18H19BrN2O3. The van der Waals surface area contributed by atoms with Gasteiger partial charge < -0.3 is 15.0 Å². The predicted octanol–water partition coefficient (Wildman–Crippen LogP) is 3.13. The molecule has 0 spiro atoms. The van der Waals surface area contributed by atoms with Gasteiger partial charge in [-0.2, -0.15) is 0 Å². The number of methoxy groups -OCH3 is 1. The molecule has 0 heterocycles. The minimum absolute atomic E-state index is 0.0356. The first kappa shape index (κ1) is 18.0. The third-order valence-electron chi connectivity index (χ3n) is 3.49. The van der Waals surface area contributed by atoms with E-state index < -0.39 is 0 Å². The fraction of sp³-hybridized carbons (Fsp3) is 0.222. The largest absolute Gasteiger partial charge is 0.496 e. The van der Waals surface area contributed by atoms with E-state index in [1.807, 2.05) is 36.4 Å². The third-order valence-corrected chi connectivity index (χ3v) is 4.02. The molecule has 0 saturated heterocycles. The van der Waals surface area contributed by atoms with E-state index in [1.165, 1.54) is 11.8 Å². The summed E-state index contributed by atoms with van der Waals surface area (Å²) in [5, 5.41) is 2.82. The van der Waals surface area contributed by atoms with Crippen LogP contribution in [0.3, 0.4) is 0 Å². The first-order valence-corrected chi connectivity index (χ1v) is 8.23. The highest BCUT2D eigenvalue weighted by Gasteiger charge is 2.16. The van der Waals surface area contributed by atoms with Crippen LogP contribution >= 0.6 is 15.9 Å². The van der Waals surface area contributed by atoms with Gasteiger partial charge in [0.1, 0.15) is 12.3 Å². The number of hydrogen-bond acceptors (Lipinski definition) is 3. The lowest BCUT2D eigenvalue weighted by Gasteiger charge is -2.21. The number of carbonyl (C=O) groups is 2. The quantitative estimate of drug-likeness (QED) is 0.823. The lowest BCUT2D eigenvalue weighted by atomic mass is 10.2. The van der Waals surface area contributed by atoms with Crippen LogP contribution in [-0.2, 0) is 16.1 Å². The number of amides is 2. The Labute approximate surface area is 149 Å². The standard InChI is InChI=1S/C18H19BrN2O3/c1-13(22)21(16-9-7-15(19)8-10-16)12-18(23)20-11-14-5-3-4-6-17(14)24-2/h3-10H,11-12H2,1-2H3,(H,20,23). The normalized spacial score (nSPS) is 10.1. The number of hydrogen-bond donors (Lipinski definition) is 1. The number of ether oxygens (including phenoxy) is 1. The van der Waals surface area contributed by atoms with Crippen molar-refractivity contribution in [2.24, 2.45) is 0 Å². The molecule has 0 aliphatic carbocycles. The van der Waals surface area contributed by atoms with Gasteiger partial charge in [-0.3, -0.25) is 9.59 Å². The average molecular weight is 391 g/mol. The summed E-state index contributed by atoms with van der Waals surface area (Å²) in [5.74, 6) is 0.290. The van der Waals surface area contributed by atoms with Gasteiger partial charge in [0, 0.05) is 29.2 Å². The van der Waals surface area contributed by atoms with Crippen LogP contribution in [0.15, 0.2) is 53.0 Å². The molecule has 2 aromatic rings. The maximum absolute atomic E-state index is 12.2. The van der Waals surface area contributed by atoms with Gasteiger partial charge in [-0.15, -0.1) is 0 Å². The smallest absolute Gasteiger partial charge is 0.240 e. The van der Waals surface area contributed by atoms with E-state index in [4.69, 9.17) is 4.74 Å². The van der Waals surface area contributed by atoms with Gasteiger partial charge in [0.2, 0.25) is 11.8 Å². The van der Waals surface area contributed by atoms with E-state index in [0.717, 1.165) is 10.0 Å². The summed E-state index contributed by atoms with van der Waals surface area (Å²) < 4.78 is 6.17. The Bertz CT molecular complexity index is 716. The number of nitrogens with zero attached hydrogens (tertiary/aromatic N) is 1. The van der Waals surface area contributed by atoms with Crippen molar-refractivity contribution in [3.8, 4) is 5.75 Å². The van der Waals surface area contributed by atoms with Crippen molar-refractivity contribution < 1.29 is 14.3 Å². The molecule has 0 saturated carbocycles. The fourth-order valence-electron chi connectivity index (χ4n) is 2.25. The maximum atomic E-state index is 12.2. The van der Waals surface area contributed by atoms with Gasteiger partial charge in [-0.25, -0.2) is 0 Å². The zero-order chi connectivity index (χ0) is 17.5. The maximum Gasteiger partial charge on any atom is 0.240 e. The lowest BCUT2D eigenvalue weighted by molar-refractivity contribution is -0.123. The Hall–Kier alpha value is -2.34.